The van der Waals surface area contributed by atoms with E-state index in [0.29, 0.717) is 6.54 Å². The Morgan fingerprint density at radius 3 is 2.33 bits per heavy atom. The number of nitriles is 1. The Labute approximate surface area is 124 Å². The molecule has 0 fully saturated rings. The Balaban J connectivity index is 2.67. The van der Waals surface area contributed by atoms with E-state index in [1.807, 2.05) is 13.0 Å². The van der Waals surface area contributed by atoms with E-state index in [9.17, 15) is 9.59 Å². The van der Waals surface area contributed by atoms with Crippen LogP contribution >= 0.6 is 0 Å². The molecule has 0 spiro atoms. The fraction of sp³-hybridized carbons (Fsp3) is 0.400. The highest BCUT2D eigenvalue weighted by Crippen LogP contribution is 2.10. The van der Waals surface area contributed by atoms with Crippen molar-refractivity contribution in [3.8, 4) is 6.07 Å². The molecule has 0 aromatic heterocycles. The predicted molar refractivity (Wildman–Crippen MR) is 77.7 cm³/mol. The molecular weight excluding hydrogens is 270 g/mol. The number of rotatable bonds is 5. The first-order chi connectivity index (χ1) is 9.86. The van der Waals surface area contributed by atoms with Crippen molar-refractivity contribution in [1.82, 2.24) is 9.80 Å². The molecule has 1 N–H and O–H groups in total. The van der Waals surface area contributed by atoms with Crippen LogP contribution in [0.25, 0.3) is 0 Å². The topological polar surface area (TPSA) is 84.6 Å². The van der Waals surface area contributed by atoms with Gasteiger partial charge in [-0.25, -0.2) is 9.59 Å². The summed E-state index contributed by atoms with van der Waals surface area (Å²) in [5.41, 5.74) is 1.06. The molecule has 0 radical (unpaired) electrons. The second kappa shape index (κ2) is 7.29. The summed E-state index contributed by atoms with van der Waals surface area (Å²) >= 11 is 0. The number of carboxylic acid groups (broad SMARTS) is 1. The number of carbonyl (C=O) groups excluding carboxylic acids is 1. The van der Waals surface area contributed by atoms with Gasteiger partial charge in [0, 0.05) is 26.7 Å². The van der Waals surface area contributed by atoms with Crippen LogP contribution in [0.15, 0.2) is 24.3 Å². The van der Waals surface area contributed by atoms with Gasteiger partial charge in [-0.05, 0) is 24.6 Å². The lowest BCUT2D eigenvalue weighted by Crippen LogP contribution is -2.42. The van der Waals surface area contributed by atoms with Crippen LogP contribution in [0.3, 0.4) is 0 Å². The molecule has 1 atom stereocenters. The first kappa shape index (κ1) is 16.5. The second-order valence-electron chi connectivity index (χ2n) is 4.96. The number of carboxylic acids is 1. The van der Waals surface area contributed by atoms with Gasteiger partial charge < -0.3 is 14.9 Å². The van der Waals surface area contributed by atoms with Crippen LogP contribution in [0.1, 0.15) is 29.3 Å². The lowest BCUT2D eigenvalue weighted by Gasteiger charge is -2.28. The molecule has 0 aliphatic rings. The fourth-order valence-corrected chi connectivity index (χ4v) is 1.82. The van der Waals surface area contributed by atoms with E-state index in [0.717, 1.165) is 5.56 Å². The molecule has 0 aliphatic carbocycles. The van der Waals surface area contributed by atoms with E-state index in [2.05, 4.69) is 0 Å². The number of urea groups is 1. The number of amides is 2. The van der Waals surface area contributed by atoms with E-state index < -0.39 is 5.97 Å². The molecule has 0 heterocycles. The largest absolute Gasteiger partial charge is 0.478 e. The van der Waals surface area contributed by atoms with Gasteiger partial charge in [-0.3, -0.25) is 0 Å². The standard InChI is InChI=1S/C15H19N3O3/c1-11(8-9-16)18(3)15(21)17(2)10-12-4-6-13(7-5-12)14(19)20/h4-7,11H,8,10H2,1-3H3,(H,19,20). The third-order valence-corrected chi connectivity index (χ3v) is 3.30. The van der Waals surface area contributed by atoms with Crippen molar-refractivity contribution in [3.63, 3.8) is 0 Å². The van der Waals surface area contributed by atoms with Gasteiger partial charge in [0.25, 0.3) is 0 Å². The zero-order valence-corrected chi connectivity index (χ0v) is 12.4. The molecule has 6 heteroatoms. The van der Waals surface area contributed by atoms with E-state index in [1.165, 1.54) is 21.9 Å². The lowest BCUT2D eigenvalue weighted by atomic mass is 10.1. The van der Waals surface area contributed by atoms with Crippen molar-refractivity contribution in [2.24, 2.45) is 0 Å². The van der Waals surface area contributed by atoms with Gasteiger partial charge in [0.05, 0.1) is 18.1 Å². The van der Waals surface area contributed by atoms with E-state index in [-0.39, 0.29) is 24.1 Å². The Bertz CT molecular complexity index is 548. The number of aromatic carboxylic acids is 1. The van der Waals surface area contributed by atoms with Crippen LogP contribution in [-0.4, -0.2) is 47.0 Å². The second-order valence-corrected chi connectivity index (χ2v) is 4.96. The molecule has 21 heavy (non-hydrogen) atoms. The summed E-state index contributed by atoms with van der Waals surface area (Å²) < 4.78 is 0. The summed E-state index contributed by atoms with van der Waals surface area (Å²) in [7, 11) is 3.33. The minimum atomic E-state index is -0.976. The third-order valence-electron chi connectivity index (χ3n) is 3.30. The van der Waals surface area contributed by atoms with Gasteiger partial charge in [-0.2, -0.15) is 5.26 Å². The van der Waals surface area contributed by atoms with Crippen molar-refractivity contribution in [3.05, 3.63) is 35.4 Å². The van der Waals surface area contributed by atoms with Gasteiger partial charge >= 0.3 is 12.0 Å². The maximum atomic E-state index is 12.2. The molecule has 112 valence electrons. The summed E-state index contributed by atoms with van der Waals surface area (Å²) in [6.45, 7) is 2.19. The van der Waals surface area contributed by atoms with E-state index in [4.69, 9.17) is 10.4 Å². The number of nitrogens with zero attached hydrogens (tertiary/aromatic N) is 3. The number of benzene rings is 1. The molecule has 0 saturated heterocycles. The quantitative estimate of drug-likeness (QED) is 0.900. The Hall–Kier alpha value is -2.55. The van der Waals surface area contributed by atoms with Crippen molar-refractivity contribution in [2.75, 3.05) is 14.1 Å². The van der Waals surface area contributed by atoms with Crippen LogP contribution in [0.2, 0.25) is 0 Å². The van der Waals surface area contributed by atoms with Crippen LogP contribution in [0, 0.1) is 11.3 Å². The van der Waals surface area contributed by atoms with Crippen molar-refractivity contribution in [1.29, 1.82) is 5.26 Å². The number of hydrogen-bond donors (Lipinski definition) is 1. The molecule has 0 bridgehead atoms. The van der Waals surface area contributed by atoms with Crippen LogP contribution < -0.4 is 0 Å². The maximum Gasteiger partial charge on any atom is 0.335 e. The Morgan fingerprint density at radius 2 is 1.86 bits per heavy atom. The van der Waals surface area contributed by atoms with Gasteiger partial charge in [0.2, 0.25) is 0 Å². The minimum absolute atomic E-state index is 0.153. The minimum Gasteiger partial charge on any atom is -0.478 e. The first-order valence-corrected chi connectivity index (χ1v) is 6.54. The summed E-state index contributed by atoms with van der Waals surface area (Å²) in [5, 5.41) is 17.5. The van der Waals surface area contributed by atoms with Gasteiger partial charge in [0.1, 0.15) is 0 Å². The molecule has 1 rings (SSSR count). The predicted octanol–water partition coefficient (Wildman–Crippen LogP) is 2.17. The Kier molecular flexibility index (Phi) is 5.73. The molecule has 1 unspecified atom stereocenters. The summed E-state index contributed by atoms with van der Waals surface area (Å²) in [5.74, 6) is -0.976. The van der Waals surface area contributed by atoms with Crippen molar-refractivity contribution >= 4 is 12.0 Å². The highest BCUT2D eigenvalue weighted by Gasteiger charge is 2.19. The molecule has 6 nitrogen and oxygen atoms in total. The molecule has 1 aromatic rings. The number of carbonyl (C=O) groups is 2. The average Bonchev–Trinajstić information content (AvgIpc) is 2.46. The van der Waals surface area contributed by atoms with E-state index in [1.54, 1.807) is 26.2 Å². The Morgan fingerprint density at radius 1 is 1.29 bits per heavy atom. The highest BCUT2D eigenvalue weighted by atomic mass is 16.4. The summed E-state index contributed by atoms with van der Waals surface area (Å²) in [6.07, 6.45) is 0.281. The van der Waals surface area contributed by atoms with Crippen molar-refractivity contribution in [2.45, 2.75) is 25.9 Å². The van der Waals surface area contributed by atoms with Crippen molar-refractivity contribution < 1.29 is 14.7 Å². The fourth-order valence-electron chi connectivity index (χ4n) is 1.82. The molecule has 0 aliphatic heterocycles. The van der Waals surface area contributed by atoms with Gasteiger partial charge in [0.15, 0.2) is 0 Å². The smallest absolute Gasteiger partial charge is 0.335 e. The van der Waals surface area contributed by atoms with Gasteiger partial charge in [-0.1, -0.05) is 12.1 Å². The van der Waals surface area contributed by atoms with E-state index >= 15 is 0 Å². The maximum absolute atomic E-state index is 12.2. The van der Waals surface area contributed by atoms with Crippen LogP contribution in [0.4, 0.5) is 4.79 Å². The molecule has 2 amide bonds. The SMILES string of the molecule is CC(CC#N)N(C)C(=O)N(C)Cc1ccc(C(=O)O)cc1. The molecular formula is C15H19N3O3. The normalized spacial score (nSPS) is 11.3. The third kappa shape index (κ3) is 4.49. The highest BCUT2D eigenvalue weighted by molar-refractivity contribution is 5.87. The monoisotopic (exact) mass is 289 g/mol. The zero-order valence-electron chi connectivity index (χ0n) is 12.4. The molecule has 1 aromatic carbocycles. The zero-order chi connectivity index (χ0) is 16.0. The summed E-state index contributed by atoms with van der Waals surface area (Å²) in [6, 6.07) is 8.10. The lowest BCUT2D eigenvalue weighted by molar-refractivity contribution is 0.0696. The average molecular weight is 289 g/mol. The van der Waals surface area contributed by atoms with Crippen LogP contribution in [0.5, 0.6) is 0 Å². The van der Waals surface area contributed by atoms with Crippen LogP contribution in [-0.2, 0) is 6.54 Å². The molecule has 0 saturated carbocycles. The first-order valence-electron chi connectivity index (χ1n) is 6.54. The summed E-state index contributed by atoms with van der Waals surface area (Å²) in [4.78, 5) is 26.0. The number of hydrogen-bond acceptors (Lipinski definition) is 3. The van der Waals surface area contributed by atoms with Gasteiger partial charge in [-0.15, -0.1) is 0 Å².